The molecular formula is C18H25NO5. The third-order valence-electron chi connectivity index (χ3n) is 4.04. The highest BCUT2D eigenvalue weighted by Crippen LogP contribution is 2.27. The van der Waals surface area contributed by atoms with Crippen LogP contribution in [0.5, 0.6) is 5.75 Å². The number of carbonyl (C=O) groups is 2. The molecule has 132 valence electrons. The molecule has 1 saturated heterocycles. The standard InChI is InChI=1S/C18H25NO5/c1-12(2)15-5-4-13(3)8-16(15)24-11-17(20)19-6-7-23-14(10-19)9-18(21)22/h4-5,8,12,14H,6-7,9-11H2,1-3H3,(H,21,22)/t14-/m1/s1. The van der Waals surface area contributed by atoms with Gasteiger partial charge in [0.2, 0.25) is 0 Å². The summed E-state index contributed by atoms with van der Waals surface area (Å²) in [6.07, 6.45) is -0.551. The maximum absolute atomic E-state index is 12.4. The fourth-order valence-electron chi connectivity index (χ4n) is 2.74. The van der Waals surface area contributed by atoms with Crippen LogP contribution in [0.15, 0.2) is 18.2 Å². The van der Waals surface area contributed by atoms with Gasteiger partial charge in [-0.25, -0.2) is 0 Å². The van der Waals surface area contributed by atoms with E-state index in [0.717, 1.165) is 16.9 Å². The molecule has 0 radical (unpaired) electrons. The highest BCUT2D eigenvalue weighted by molar-refractivity contribution is 5.78. The summed E-state index contributed by atoms with van der Waals surface area (Å²) in [7, 11) is 0. The Morgan fingerprint density at radius 2 is 2.17 bits per heavy atom. The maximum Gasteiger partial charge on any atom is 0.306 e. The molecule has 24 heavy (non-hydrogen) atoms. The van der Waals surface area contributed by atoms with Crippen LogP contribution in [0.4, 0.5) is 0 Å². The Kier molecular flexibility index (Phi) is 6.20. The van der Waals surface area contributed by atoms with Crippen molar-refractivity contribution in [2.24, 2.45) is 0 Å². The van der Waals surface area contributed by atoms with Crippen LogP contribution >= 0.6 is 0 Å². The zero-order valence-corrected chi connectivity index (χ0v) is 14.4. The Bertz CT molecular complexity index is 599. The molecule has 0 unspecified atom stereocenters. The molecule has 0 saturated carbocycles. The summed E-state index contributed by atoms with van der Waals surface area (Å²) >= 11 is 0. The highest BCUT2D eigenvalue weighted by Gasteiger charge is 2.26. The lowest BCUT2D eigenvalue weighted by molar-refractivity contribution is -0.148. The van der Waals surface area contributed by atoms with Gasteiger partial charge < -0.3 is 19.5 Å². The van der Waals surface area contributed by atoms with Crippen LogP contribution in [0.1, 0.15) is 37.3 Å². The predicted octanol–water partition coefficient (Wildman–Crippen LogP) is 2.20. The number of carboxylic acid groups (broad SMARTS) is 1. The van der Waals surface area contributed by atoms with Gasteiger partial charge in [-0.15, -0.1) is 0 Å². The van der Waals surface area contributed by atoms with Gasteiger partial charge in [0.1, 0.15) is 5.75 Å². The fourth-order valence-corrected chi connectivity index (χ4v) is 2.74. The van der Waals surface area contributed by atoms with Crippen molar-refractivity contribution in [3.8, 4) is 5.75 Å². The van der Waals surface area contributed by atoms with Gasteiger partial charge in [0, 0.05) is 13.1 Å². The molecular weight excluding hydrogens is 310 g/mol. The SMILES string of the molecule is Cc1ccc(C(C)C)c(OCC(=O)N2CCO[C@H](CC(=O)O)C2)c1. The van der Waals surface area contributed by atoms with Crippen LogP contribution in [0, 0.1) is 6.92 Å². The first-order chi connectivity index (χ1) is 11.4. The number of rotatable bonds is 6. The number of morpholine rings is 1. The van der Waals surface area contributed by atoms with E-state index in [4.69, 9.17) is 14.6 Å². The second-order valence-corrected chi connectivity index (χ2v) is 6.42. The molecule has 1 N–H and O–H groups in total. The molecule has 1 aromatic carbocycles. The number of carbonyl (C=O) groups excluding carboxylic acids is 1. The van der Waals surface area contributed by atoms with Crippen molar-refractivity contribution < 1.29 is 24.2 Å². The van der Waals surface area contributed by atoms with Crippen LogP contribution < -0.4 is 4.74 Å². The summed E-state index contributed by atoms with van der Waals surface area (Å²) in [6, 6.07) is 6.00. The lowest BCUT2D eigenvalue weighted by Gasteiger charge is -2.32. The lowest BCUT2D eigenvalue weighted by Crippen LogP contribution is -2.47. The van der Waals surface area contributed by atoms with Crippen molar-refractivity contribution in [3.63, 3.8) is 0 Å². The number of hydrogen-bond acceptors (Lipinski definition) is 4. The van der Waals surface area contributed by atoms with Crippen molar-refractivity contribution >= 4 is 11.9 Å². The van der Waals surface area contributed by atoms with Crippen molar-refractivity contribution in [3.05, 3.63) is 29.3 Å². The third-order valence-corrected chi connectivity index (χ3v) is 4.04. The first kappa shape index (κ1) is 18.3. The molecule has 0 aliphatic carbocycles. The largest absolute Gasteiger partial charge is 0.483 e. The zero-order valence-electron chi connectivity index (χ0n) is 14.4. The first-order valence-electron chi connectivity index (χ1n) is 8.21. The van der Waals surface area contributed by atoms with E-state index < -0.39 is 12.1 Å². The minimum absolute atomic E-state index is 0.0526. The van der Waals surface area contributed by atoms with Gasteiger partial charge in [0.05, 0.1) is 19.1 Å². The van der Waals surface area contributed by atoms with Crippen LogP contribution in [0.2, 0.25) is 0 Å². The molecule has 6 heteroatoms. The monoisotopic (exact) mass is 335 g/mol. The van der Waals surface area contributed by atoms with E-state index in [0.29, 0.717) is 25.6 Å². The predicted molar refractivity (Wildman–Crippen MR) is 89.3 cm³/mol. The fraction of sp³-hybridized carbons (Fsp3) is 0.556. The van der Waals surface area contributed by atoms with E-state index in [2.05, 4.69) is 13.8 Å². The smallest absolute Gasteiger partial charge is 0.306 e. The van der Waals surface area contributed by atoms with Crippen molar-refractivity contribution in [1.29, 1.82) is 0 Å². The normalized spacial score (nSPS) is 17.8. The second-order valence-electron chi connectivity index (χ2n) is 6.42. The summed E-state index contributed by atoms with van der Waals surface area (Å²) < 4.78 is 11.1. The number of aryl methyl sites for hydroxylation is 1. The van der Waals surface area contributed by atoms with E-state index in [1.54, 1.807) is 4.90 Å². The number of nitrogens with zero attached hydrogens (tertiary/aromatic N) is 1. The van der Waals surface area contributed by atoms with Crippen molar-refractivity contribution in [2.75, 3.05) is 26.3 Å². The van der Waals surface area contributed by atoms with E-state index in [1.165, 1.54) is 0 Å². The summed E-state index contributed by atoms with van der Waals surface area (Å²) in [4.78, 5) is 24.8. The quantitative estimate of drug-likeness (QED) is 0.862. The summed E-state index contributed by atoms with van der Waals surface area (Å²) in [5.41, 5.74) is 2.15. The van der Waals surface area contributed by atoms with Gasteiger partial charge in [0.25, 0.3) is 5.91 Å². The van der Waals surface area contributed by atoms with Gasteiger partial charge >= 0.3 is 5.97 Å². The van der Waals surface area contributed by atoms with Gasteiger partial charge in [-0.05, 0) is 30.0 Å². The minimum Gasteiger partial charge on any atom is -0.483 e. The molecule has 1 fully saturated rings. The Balaban J connectivity index is 1.95. The van der Waals surface area contributed by atoms with Crippen LogP contribution in [0.25, 0.3) is 0 Å². The van der Waals surface area contributed by atoms with E-state index in [9.17, 15) is 9.59 Å². The second kappa shape index (κ2) is 8.15. The Morgan fingerprint density at radius 1 is 1.42 bits per heavy atom. The van der Waals surface area contributed by atoms with Crippen LogP contribution in [-0.4, -0.2) is 54.3 Å². The molecule has 1 aliphatic rings. The van der Waals surface area contributed by atoms with Crippen LogP contribution in [-0.2, 0) is 14.3 Å². The average Bonchev–Trinajstić information content (AvgIpc) is 2.52. The molecule has 0 bridgehead atoms. The molecule has 1 aromatic rings. The number of amides is 1. The summed E-state index contributed by atoms with van der Waals surface area (Å²) in [5, 5.41) is 8.84. The number of ether oxygens (including phenoxy) is 2. The Labute approximate surface area is 142 Å². The highest BCUT2D eigenvalue weighted by atomic mass is 16.5. The molecule has 1 atom stereocenters. The number of aliphatic carboxylic acids is 1. The molecule has 1 aliphatic heterocycles. The molecule has 1 heterocycles. The average molecular weight is 335 g/mol. The lowest BCUT2D eigenvalue weighted by atomic mass is 10.0. The van der Waals surface area contributed by atoms with Crippen molar-refractivity contribution in [1.82, 2.24) is 4.90 Å². The summed E-state index contributed by atoms with van der Waals surface area (Å²) in [6.45, 7) is 7.20. The van der Waals surface area contributed by atoms with E-state index in [-0.39, 0.29) is 18.9 Å². The van der Waals surface area contributed by atoms with Crippen LogP contribution in [0.3, 0.4) is 0 Å². The van der Waals surface area contributed by atoms with E-state index in [1.807, 2.05) is 25.1 Å². The summed E-state index contributed by atoms with van der Waals surface area (Å²) in [5.74, 6) is -0.0375. The molecule has 0 spiro atoms. The molecule has 6 nitrogen and oxygen atoms in total. The zero-order chi connectivity index (χ0) is 17.7. The van der Waals surface area contributed by atoms with Gasteiger partial charge in [-0.3, -0.25) is 9.59 Å². The van der Waals surface area contributed by atoms with Gasteiger partial charge in [0.15, 0.2) is 6.61 Å². The maximum atomic E-state index is 12.4. The topological polar surface area (TPSA) is 76.1 Å². The minimum atomic E-state index is -0.924. The number of hydrogen-bond donors (Lipinski definition) is 1. The molecule has 2 rings (SSSR count). The molecule has 0 aromatic heterocycles. The van der Waals surface area contributed by atoms with E-state index >= 15 is 0 Å². The Hall–Kier alpha value is -2.08. The van der Waals surface area contributed by atoms with Gasteiger partial charge in [-0.2, -0.15) is 0 Å². The molecule has 1 amide bonds. The van der Waals surface area contributed by atoms with Crippen molar-refractivity contribution in [2.45, 2.75) is 39.2 Å². The first-order valence-corrected chi connectivity index (χ1v) is 8.21. The number of carboxylic acids is 1. The Morgan fingerprint density at radius 3 is 2.83 bits per heavy atom. The van der Waals surface area contributed by atoms with Gasteiger partial charge in [-0.1, -0.05) is 26.0 Å². The third kappa shape index (κ3) is 4.96. The number of benzene rings is 1.